The lowest BCUT2D eigenvalue weighted by Crippen LogP contribution is -2.33. The third kappa shape index (κ3) is 2.00. The Balaban J connectivity index is 1.64. The Morgan fingerprint density at radius 1 is 1.29 bits per heavy atom. The number of hydroxylamine groups is 2. The van der Waals surface area contributed by atoms with Crippen molar-refractivity contribution in [1.29, 1.82) is 0 Å². The fourth-order valence-electron chi connectivity index (χ4n) is 2.49. The number of rotatable bonds is 3. The van der Waals surface area contributed by atoms with E-state index >= 15 is 0 Å². The number of hydrogen-bond donors (Lipinski definition) is 0. The molecule has 0 aromatic heterocycles. The van der Waals surface area contributed by atoms with E-state index in [2.05, 4.69) is 0 Å². The molecule has 2 aliphatic heterocycles. The van der Waals surface area contributed by atoms with Crippen molar-refractivity contribution in [1.82, 2.24) is 9.96 Å². The van der Waals surface area contributed by atoms with Crippen LogP contribution in [0.2, 0.25) is 0 Å². The van der Waals surface area contributed by atoms with Crippen LogP contribution in [-0.4, -0.2) is 35.1 Å². The van der Waals surface area contributed by atoms with Crippen LogP contribution in [0.1, 0.15) is 18.4 Å². The average molecular weight is 232 g/mol. The van der Waals surface area contributed by atoms with Gasteiger partial charge in [0.25, 0.3) is 0 Å². The lowest BCUT2D eigenvalue weighted by molar-refractivity contribution is -0.140. The van der Waals surface area contributed by atoms with Gasteiger partial charge >= 0.3 is 6.03 Å². The first-order chi connectivity index (χ1) is 8.34. The normalized spacial score (nSPS) is 23.3. The van der Waals surface area contributed by atoms with Crippen molar-refractivity contribution < 1.29 is 9.63 Å². The van der Waals surface area contributed by atoms with Crippen LogP contribution in [-0.2, 0) is 11.4 Å². The lowest BCUT2D eigenvalue weighted by Gasteiger charge is -2.22. The highest BCUT2D eigenvalue weighted by atomic mass is 16.7. The molecule has 0 N–H and O–H groups in total. The molecule has 0 radical (unpaired) electrons. The maximum atomic E-state index is 11.9. The number of hydrogen-bond acceptors (Lipinski definition) is 2. The summed E-state index contributed by atoms with van der Waals surface area (Å²) in [5.41, 5.74) is 1.09. The van der Waals surface area contributed by atoms with Crippen molar-refractivity contribution in [2.45, 2.75) is 25.5 Å². The Bertz CT molecular complexity index is 407. The van der Waals surface area contributed by atoms with E-state index in [9.17, 15) is 4.79 Å². The van der Waals surface area contributed by atoms with E-state index in [4.69, 9.17) is 4.84 Å². The van der Waals surface area contributed by atoms with Crippen molar-refractivity contribution >= 4 is 6.03 Å². The predicted octanol–water partition coefficient (Wildman–Crippen LogP) is 2.02. The van der Waals surface area contributed by atoms with Gasteiger partial charge in [-0.2, -0.15) is 5.06 Å². The standard InChI is InChI=1S/C13H16N2O2/c16-13-14-8-4-7-12(9-14)15(13)17-10-11-5-2-1-3-6-11/h1-3,5-6,12H,4,7-10H2/t12-/m1/s1. The van der Waals surface area contributed by atoms with Crippen molar-refractivity contribution in [2.75, 3.05) is 13.1 Å². The van der Waals surface area contributed by atoms with Crippen molar-refractivity contribution in [3.05, 3.63) is 35.9 Å². The van der Waals surface area contributed by atoms with Crippen LogP contribution in [0.4, 0.5) is 4.79 Å². The van der Waals surface area contributed by atoms with E-state index < -0.39 is 0 Å². The first-order valence-corrected chi connectivity index (χ1v) is 6.09. The second-order valence-corrected chi connectivity index (χ2v) is 4.61. The molecule has 3 rings (SSSR count). The van der Waals surface area contributed by atoms with Gasteiger partial charge in [-0.3, -0.25) is 4.84 Å². The molecule has 0 aliphatic carbocycles. The maximum Gasteiger partial charge on any atom is 0.344 e. The number of urea groups is 1. The molecule has 2 amide bonds. The third-order valence-electron chi connectivity index (χ3n) is 3.40. The fraction of sp³-hybridized carbons (Fsp3) is 0.462. The molecule has 0 spiro atoms. The van der Waals surface area contributed by atoms with Crippen molar-refractivity contribution in [3.8, 4) is 0 Å². The molecule has 0 unspecified atom stereocenters. The molecule has 1 aromatic carbocycles. The molecule has 1 aromatic rings. The second-order valence-electron chi connectivity index (χ2n) is 4.61. The number of carbonyl (C=O) groups is 1. The zero-order valence-corrected chi connectivity index (χ0v) is 9.71. The number of fused-ring (bicyclic) bond motifs is 2. The minimum absolute atomic E-state index is 0.0310. The van der Waals surface area contributed by atoms with E-state index in [0.29, 0.717) is 6.61 Å². The van der Waals surface area contributed by atoms with Crippen LogP contribution in [0.25, 0.3) is 0 Å². The van der Waals surface area contributed by atoms with Crippen LogP contribution in [0.15, 0.2) is 30.3 Å². The summed E-state index contributed by atoms with van der Waals surface area (Å²) in [7, 11) is 0. The minimum Gasteiger partial charge on any atom is -0.321 e. The summed E-state index contributed by atoms with van der Waals surface area (Å²) < 4.78 is 0. The Labute approximate surface area is 101 Å². The van der Waals surface area contributed by atoms with Crippen LogP contribution < -0.4 is 0 Å². The molecule has 2 aliphatic rings. The van der Waals surface area contributed by atoms with Gasteiger partial charge < -0.3 is 4.90 Å². The van der Waals surface area contributed by atoms with E-state index in [1.54, 1.807) is 5.06 Å². The molecule has 2 heterocycles. The van der Waals surface area contributed by atoms with Crippen LogP contribution in [0.5, 0.6) is 0 Å². The van der Waals surface area contributed by atoms with Crippen molar-refractivity contribution in [2.24, 2.45) is 0 Å². The Morgan fingerprint density at radius 2 is 2.12 bits per heavy atom. The predicted molar refractivity (Wildman–Crippen MR) is 63.1 cm³/mol. The van der Waals surface area contributed by atoms with Gasteiger partial charge in [-0.25, -0.2) is 4.79 Å². The number of nitrogens with zero attached hydrogens (tertiary/aromatic N) is 2. The van der Waals surface area contributed by atoms with Gasteiger partial charge in [-0.05, 0) is 18.4 Å². The summed E-state index contributed by atoms with van der Waals surface area (Å²) in [5, 5.41) is 1.57. The molecule has 17 heavy (non-hydrogen) atoms. The summed E-state index contributed by atoms with van der Waals surface area (Å²) >= 11 is 0. The van der Waals surface area contributed by atoms with Gasteiger partial charge in [0, 0.05) is 13.1 Å². The lowest BCUT2D eigenvalue weighted by atomic mass is 10.1. The molecule has 2 saturated heterocycles. The molecule has 2 fully saturated rings. The topological polar surface area (TPSA) is 32.8 Å². The summed E-state index contributed by atoms with van der Waals surface area (Å²) in [6, 6.07) is 10.2. The highest BCUT2D eigenvalue weighted by Crippen LogP contribution is 2.25. The Kier molecular flexibility index (Phi) is 2.73. The Hall–Kier alpha value is -1.55. The van der Waals surface area contributed by atoms with Crippen LogP contribution in [0.3, 0.4) is 0 Å². The fourth-order valence-corrected chi connectivity index (χ4v) is 2.49. The molecule has 2 bridgehead atoms. The molecule has 4 heteroatoms. The number of benzene rings is 1. The average Bonchev–Trinajstić information content (AvgIpc) is 2.60. The monoisotopic (exact) mass is 232 g/mol. The smallest absolute Gasteiger partial charge is 0.321 e. The van der Waals surface area contributed by atoms with Gasteiger partial charge in [0.15, 0.2) is 0 Å². The summed E-state index contributed by atoms with van der Waals surface area (Å²) in [4.78, 5) is 19.5. The highest BCUT2D eigenvalue weighted by Gasteiger charge is 2.40. The molecular formula is C13H16N2O2. The number of piperidine rings is 1. The van der Waals surface area contributed by atoms with Crippen molar-refractivity contribution in [3.63, 3.8) is 0 Å². The first kappa shape index (κ1) is 10.6. The number of amides is 2. The van der Waals surface area contributed by atoms with E-state index in [1.165, 1.54) is 0 Å². The van der Waals surface area contributed by atoms with E-state index in [1.807, 2.05) is 35.2 Å². The minimum atomic E-state index is 0.0310. The van der Waals surface area contributed by atoms with Gasteiger partial charge in [0.1, 0.15) is 6.61 Å². The summed E-state index contributed by atoms with van der Waals surface area (Å²) in [6.07, 6.45) is 2.14. The molecular weight excluding hydrogens is 216 g/mol. The largest absolute Gasteiger partial charge is 0.344 e. The van der Waals surface area contributed by atoms with Gasteiger partial charge in [0.2, 0.25) is 0 Å². The zero-order chi connectivity index (χ0) is 11.7. The molecule has 4 nitrogen and oxygen atoms in total. The van der Waals surface area contributed by atoms with Crippen LogP contribution >= 0.6 is 0 Å². The first-order valence-electron chi connectivity index (χ1n) is 6.09. The second kappa shape index (κ2) is 4.37. The molecule has 90 valence electrons. The Morgan fingerprint density at radius 3 is 2.88 bits per heavy atom. The quantitative estimate of drug-likeness (QED) is 0.798. The molecule has 0 saturated carbocycles. The highest BCUT2D eigenvalue weighted by molar-refractivity contribution is 5.76. The van der Waals surface area contributed by atoms with E-state index in [0.717, 1.165) is 31.5 Å². The summed E-state index contributed by atoms with van der Waals surface area (Å²) in [6.45, 7) is 2.17. The molecule has 1 atom stereocenters. The SMILES string of the molecule is O=C1N2CCC[C@H](C2)N1OCc1ccccc1. The van der Waals surface area contributed by atoms with Gasteiger partial charge in [-0.1, -0.05) is 30.3 Å². The van der Waals surface area contributed by atoms with Crippen LogP contribution in [0, 0.1) is 0 Å². The zero-order valence-electron chi connectivity index (χ0n) is 9.71. The van der Waals surface area contributed by atoms with Gasteiger partial charge in [-0.15, -0.1) is 0 Å². The summed E-state index contributed by atoms with van der Waals surface area (Å²) in [5.74, 6) is 0. The third-order valence-corrected chi connectivity index (χ3v) is 3.40. The van der Waals surface area contributed by atoms with E-state index in [-0.39, 0.29) is 12.1 Å². The number of carbonyl (C=O) groups excluding carboxylic acids is 1. The maximum absolute atomic E-state index is 11.9. The van der Waals surface area contributed by atoms with Gasteiger partial charge in [0.05, 0.1) is 6.04 Å².